The number of alkyl halides is 3. The predicted octanol–water partition coefficient (Wildman–Crippen LogP) is 2.81. The van der Waals surface area contributed by atoms with Crippen LogP contribution >= 0.6 is 0 Å². The number of anilines is 1. The summed E-state index contributed by atoms with van der Waals surface area (Å²) in [6.07, 6.45) is -4.25. The number of fused-ring (bicyclic) bond motifs is 1. The van der Waals surface area contributed by atoms with Gasteiger partial charge in [-0.1, -0.05) is 12.1 Å². The number of pyridine rings is 1. The molecule has 0 saturated carbocycles. The van der Waals surface area contributed by atoms with Crippen LogP contribution in [0.3, 0.4) is 0 Å². The Labute approximate surface area is 170 Å². The highest BCUT2D eigenvalue weighted by Crippen LogP contribution is 2.30. The minimum absolute atomic E-state index is 0.124. The fourth-order valence-electron chi connectivity index (χ4n) is 3.09. The third-order valence-electron chi connectivity index (χ3n) is 4.55. The Morgan fingerprint density at radius 2 is 2.10 bits per heavy atom. The van der Waals surface area contributed by atoms with Crippen LogP contribution in [0.25, 0.3) is 0 Å². The fourth-order valence-corrected chi connectivity index (χ4v) is 3.09. The van der Waals surface area contributed by atoms with Gasteiger partial charge in [-0.05, 0) is 37.1 Å². The SMILES string of the molecule is Cc1cc(CN2Cc3c(ccnc3NC(=O)[C@H](C)O)C2=O)ccc1OCC(F)(F)F. The molecular weight excluding hydrogens is 403 g/mol. The van der Waals surface area contributed by atoms with Gasteiger partial charge in [0.1, 0.15) is 17.7 Å². The zero-order chi connectivity index (χ0) is 22.1. The fraction of sp³-hybridized carbons (Fsp3) is 0.350. The first-order valence-corrected chi connectivity index (χ1v) is 9.10. The average Bonchev–Trinajstić information content (AvgIpc) is 2.97. The maximum atomic E-state index is 12.7. The molecule has 0 unspecified atom stereocenters. The lowest BCUT2D eigenvalue weighted by molar-refractivity contribution is -0.153. The highest BCUT2D eigenvalue weighted by atomic mass is 19.4. The molecular formula is C20H20F3N3O4. The number of hydrogen-bond acceptors (Lipinski definition) is 5. The van der Waals surface area contributed by atoms with E-state index < -0.39 is 24.8 Å². The Kier molecular flexibility index (Phi) is 5.97. The zero-order valence-corrected chi connectivity index (χ0v) is 16.3. The molecule has 30 heavy (non-hydrogen) atoms. The molecule has 0 fully saturated rings. The van der Waals surface area contributed by atoms with Crippen molar-refractivity contribution in [2.24, 2.45) is 0 Å². The summed E-state index contributed by atoms with van der Waals surface area (Å²) in [5.41, 5.74) is 2.18. The molecule has 3 rings (SSSR count). The van der Waals surface area contributed by atoms with E-state index in [9.17, 15) is 27.9 Å². The number of nitrogens with zero attached hydrogens (tertiary/aromatic N) is 2. The van der Waals surface area contributed by atoms with Crippen LogP contribution in [0.2, 0.25) is 0 Å². The van der Waals surface area contributed by atoms with Gasteiger partial charge in [0.15, 0.2) is 6.61 Å². The van der Waals surface area contributed by atoms with Gasteiger partial charge in [-0.15, -0.1) is 0 Å². The van der Waals surface area contributed by atoms with Gasteiger partial charge in [0, 0.05) is 23.9 Å². The van der Waals surface area contributed by atoms with E-state index in [1.807, 2.05) is 0 Å². The third kappa shape index (κ3) is 4.88. The van der Waals surface area contributed by atoms with Crippen LogP contribution < -0.4 is 10.1 Å². The number of amides is 2. The first-order valence-electron chi connectivity index (χ1n) is 9.10. The molecule has 1 aliphatic heterocycles. The number of carbonyl (C=O) groups is 2. The van der Waals surface area contributed by atoms with E-state index >= 15 is 0 Å². The number of benzene rings is 1. The average molecular weight is 423 g/mol. The number of nitrogens with one attached hydrogen (secondary N) is 1. The van der Waals surface area contributed by atoms with E-state index in [2.05, 4.69) is 10.3 Å². The van der Waals surface area contributed by atoms with Crippen molar-refractivity contribution in [3.8, 4) is 5.75 Å². The third-order valence-corrected chi connectivity index (χ3v) is 4.55. The van der Waals surface area contributed by atoms with Gasteiger partial charge in [-0.2, -0.15) is 13.2 Å². The van der Waals surface area contributed by atoms with E-state index in [4.69, 9.17) is 4.74 Å². The molecule has 1 aliphatic rings. The van der Waals surface area contributed by atoms with Crippen LogP contribution in [0.15, 0.2) is 30.5 Å². The summed E-state index contributed by atoms with van der Waals surface area (Å²) < 4.78 is 41.8. The number of aryl methyl sites for hydroxylation is 1. The molecule has 1 atom stereocenters. The van der Waals surface area contributed by atoms with Crippen molar-refractivity contribution < 1.29 is 32.6 Å². The van der Waals surface area contributed by atoms with Crippen molar-refractivity contribution in [1.29, 1.82) is 0 Å². The molecule has 2 amide bonds. The Morgan fingerprint density at radius 3 is 2.73 bits per heavy atom. The molecule has 2 aromatic rings. The van der Waals surface area contributed by atoms with Crippen molar-refractivity contribution in [1.82, 2.24) is 9.88 Å². The molecule has 0 radical (unpaired) electrons. The Hall–Kier alpha value is -3.14. The predicted molar refractivity (Wildman–Crippen MR) is 101 cm³/mol. The molecule has 160 valence electrons. The van der Waals surface area contributed by atoms with Crippen molar-refractivity contribution in [3.05, 3.63) is 52.7 Å². The summed E-state index contributed by atoms with van der Waals surface area (Å²) in [6, 6.07) is 6.26. The van der Waals surface area contributed by atoms with E-state index in [-0.39, 0.29) is 30.6 Å². The second-order valence-corrected chi connectivity index (χ2v) is 7.02. The Bertz CT molecular complexity index is 976. The molecule has 0 bridgehead atoms. The van der Waals surface area contributed by atoms with E-state index in [1.54, 1.807) is 25.1 Å². The number of hydrogen-bond donors (Lipinski definition) is 2. The van der Waals surface area contributed by atoms with E-state index in [0.29, 0.717) is 16.7 Å². The summed E-state index contributed by atoms with van der Waals surface area (Å²) in [5, 5.41) is 11.9. The van der Waals surface area contributed by atoms with Crippen molar-refractivity contribution in [2.45, 2.75) is 39.2 Å². The number of aliphatic hydroxyl groups excluding tert-OH is 1. The van der Waals surface area contributed by atoms with Crippen LogP contribution in [-0.2, 0) is 17.9 Å². The maximum Gasteiger partial charge on any atom is 0.422 e. The summed E-state index contributed by atoms with van der Waals surface area (Å²) in [4.78, 5) is 30.1. The summed E-state index contributed by atoms with van der Waals surface area (Å²) in [5.74, 6) is -0.553. The molecule has 1 aromatic heterocycles. The van der Waals surface area contributed by atoms with Crippen molar-refractivity contribution >= 4 is 17.6 Å². The highest BCUT2D eigenvalue weighted by Gasteiger charge is 2.31. The maximum absolute atomic E-state index is 12.7. The normalized spacial score (nSPS) is 14.5. The van der Waals surface area contributed by atoms with Gasteiger partial charge in [0.05, 0.1) is 6.54 Å². The van der Waals surface area contributed by atoms with Crippen LogP contribution in [0.5, 0.6) is 5.75 Å². The molecule has 10 heteroatoms. The molecule has 0 saturated heterocycles. The number of halogens is 3. The zero-order valence-electron chi connectivity index (χ0n) is 16.3. The van der Waals surface area contributed by atoms with E-state index in [0.717, 1.165) is 5.56 Å². The lowest BCUT2D eigenvalue weighted by atomic mass is 10.1. The summed E-state index contributed by atoms with van der Waals surface area (Å²) >= 11 is 0. The topological polar surface area (TPSA) is 91.8 Å². The van der Waals surface area contributed by atoms with Crippen LogP contribution in [0.1, 0.15) is 34.0 Å². The van der Waals surface area contributed by atoms with Crippen molar-refractivity contribution in [2.75, 3.05) is 11.9 Å². The Balaban J connectivity index is 1.73. The second-order valence-electron chi connectivity index (χ2n) is 7.02. The summed E-state index contributed by atoms with van der Waals surface area (Å²) in [6.45, 7) is 1.99. The molecule has 2 N–H and O–H groups in total. The lowest BCUT2D eigenvalue weighted by Crippen LogP contribution is -2.26. The minimum Gasteiger partial charge on any atom is -0.484 e. The van der Waals surface area contributed by atoms with Gasteiger partial charge in [0.2, 0.25) is 0 Å². The molecule has 7 nitrogen and oxygen atoms in total. The number of rotatable bonds is 6. The van der Waals surface area contributed by atoms with Crippen LogP contribution in [0.4, 0.5) is 19.0 Å². The number of ether oxygens (including phenoxy) is 1. The van der Waals surface area contributed by atoms with Gasteiger partial charge in [-0.3, -0.25) is 9.59 Å². The standard InChI is InChI=1S/C20H20F3N3O4/c1-11-7-13(3-4-16(11)30-10-20(21,22)23)8-26-9-15-14(19(26)29)5-6-24-17(15)25-18(28)12(2)27/h3-7,12,27H,8-10H2,1-2H3,(H,24,25,28)/t12-/m0/s1. The quantitative estimate of drug-likeness (QED) is 0.746. The summed E-state index contributed by atoms with van der Waals surface area (Å²) in [7, 11) is 0. The first kappa shape index (κ1) is 21.6. The molecule has 1 aromatic carbocycles. The van der Waals surface area contributed by atoms with Gasteiger partial charge in [-0.25, -0.2) is 4.98 Å². The van der Waals surface area contributed by atoms with Gasteiger partial charge >= 0.3 is 6.18 Å². The number of carbonyl (C=O) groups excluding carboxylic acids is 2. The smallest absolute Gasteiger partial charge is 0.422 e. The van der Waals surface area contributed by atoms with Crippen LogP contribution in [-0.4, -0.2) is 45.7 Å². The lowest BCUT2D eigenvalue weighted by Gasteiger charge is -2.17. The van der Waals surface area contributed by atoms with Gasteiger partial charge < -0.3 is 20.1 Å². The Morgan fingerprint density at radius 1 is 1.37 bits per heavy atom. The molecule has 2 heterocycles. The number of aliphatic hydroxyl groups is 1. The largest absolute Gasteiger partial charge is 0.484 e. The second kappa shape index (κ2) is 8.31. The highest BCUT2D eigenvalue weighted by molar-refractivity contribution is 6.01. The van der Waals surface area contributed by atoms with Gasteiger partial charge in [0.25, 0.3) is 11.8 Å². The van der Waals surface area contributed by atoms with Crippen molar-refractivity contribution in [3.63, 3.8) is 0 Å². The molecule has 0 aliphatic carbocycles. The van der Waals surface area contributed by atoms with Crippen LogP contribution in [0, 0.1) is 6.92 Å². The molecule has 0 spiro atoms. The monoisotopic (exact) mass is 423 g/mol. The van der Waals surface area contributed by atoms with E-state index in [1.165, 1.54) is 24.1 Å². The number of aromatic nitrogens is 1. The first-order chi connectivity index (χ1) is 14.0. The minimum atomic E-state index is -4.42.